The lowest BCUT2D eigenvalue weighted by Crippen LogP contribution is -2.40. The average molecular weight is 297 g/mol. The van der Waals surface area contributed by atoms with Crippen molar-refractivity contribution < 1.29 is 0 Å². The molecule has 0 aliphatic heterocycles. The van der Waals surface area contributed by atoms with Crippen LogP contribution in [-0.2, 0) is 13.0 Å². The molecule has 1 aliphatic carbocycles. The van der Waals surface area contributed by atoms with E-state index >= 15 is 0 Å². The maximum atomic E-state index is 4.29. The van der Waals surface area contributed by atoms with Crippen molar-refractivity contribution >= 4 is 5.96 Å². The molecule has 5 heteroatoms. The molecule has 1 aromatic heterocycles. The van der Waals surface area contributed by atoms with Gasteiger partial charge in [-0.15, -0.1) is 0 Å². The molecule has 0 bridgehead atoms. The summed E-state index contributed by atoms with van der Waals surface area (Å²) in [6, 6.07) is 8.76. The molecule has 0 saturated heterocycles. The van der Waals surface area contributed by atoms with Gasteiger partial charge in [-0.05, 0) is 24.0 Å². The molecule has 0 spiro atoms. The fraction of sp³-hybridized carbons (Fsp3) is 0.412. The molecule has 1 heterocycles. The molecule has 5 nitrogen and oxygen atoms in total. The second-order valence-electron chi connectivity index (χ2n) is 5.61. The third-order valence-corrected chi connectivity index (χ3v) is 4.22. The van der Waals surface area contributed by atoms with E-state index in [0.29, 0.717) is 5.92 Å². The number of nitrogens with one attached hydrogen (secondary N) is 2. The van der Waals surface area contributed by atoms with E-state index in [1.165, 1.54) is 24.0 Å². The number of rotatable bonds is 5. The molecule has 0 fully saturated rings. The van der Waals surface area contributed by atoms with Crippen molar-refractivity contribution in [2.45, 2.75) is 25.3 Å². The Bertz CT molecular complexity index is 618. The van der Waals surface area contributed by atoms with Gasteiger partial charge >= 0.3 is 0 Å². The van der Waals surface area contributed by atoms with Gasteiger partial charge in [0.1, 0.15) is 0 Å². The van der Waals surface area contributed by atoms with E-state index in [2.05, 4.69) is 44.9 Å². The van der Waals surface area contributed by atoms with Gasteiger partial charge in [0.15, 0.2) is 5.96 Å². The summed E-state index contributed by atoms with van der Waals surface area (Å²) in [5.74, 6) is 1.45. The van der Waals surface area contributed by atoms with E-state index in [1.54, 1.807) is 6.20 Å². The summed E-state index contributed by atoms with van der Waals surface area (Å²) in [7, 11) is 1.81. The van der Waals surface area contributed by atoms with Gasteiger partial charge in [0, 0.05) is 45.0 Å². The summed E-state index contributed by atoms with van der Waals surface area (Å²) < 4.78 is 2.05. The van der Waals surface area contributed by atoms with Crippen LogP contribution in [0.25, 0.3) is 0 Å². The molecular weight excluding hydrogens is 274 g/mol. The third-order valence-electron chi connectivity index (χ3n) is 4.22. The number of fused-ring (bicyclic) bond motifs is 1. The Hall–Kier alpha value is -2.30. The minimum Gasteiger partial charge on any atom is -0.356 e. The lowest BCUT2D eigenvalue weighted by Gasteiger charge is -2.16. The number of aryl methyl sites for hydroxylation is 1. The molecule has 0 amide bonds. The number of aliphatic imine (C=N–C) groups is 1. The molecule has 1 atom stereocenters. The molecule has 2 N–H and O–H groups in total. The highest BCUT2D eigenvalue weighted by Crippen LogP contribution is 2.31. The number of hydrogen-bond donors (Lipinski definition) is 2. The van der Waals surface area contributed by atoms with E-state index in [-0.39, 0.29) is 0 Å². The quantitative estimate of drug-likeness (QED) is 0.653. The maximum Gasteiger partial charge on any atom is 0.191 e. The topological polar surface area (TPSA) is 54.2 Å². The minimum absolute atomic E-state index is 0.586. The van der Waals surface area contributed by atoms with Gasteiger partial charge in [-0.3, -0.25) is 4.99 Å². The molecule has 3 rings (SSSR count). The lowest BCUT2D eigenvalue weighted by molar-refractivity contribution is 0.627. The first-order chi connectivity index (χ1) is 10.9. The number of aromatic nitrogens is 2. The predicted molar refractivity (Wildman–Crippen MR) is 89.1 cm³/mol. The summed E-state index contributed by atoms with van der Waals surface area (Å²) in [4.78, 5) is 8.33. The van der Waals surface area contributed by atoms with Crippen molar-refractivity contribution in [2.75, 3.05) is 20.1 Å². The zero-order valence-corrected chi connectivity index (χ0v) is 13.0. The summed E-state index contributed by atoms with van der Waals surface area (Å²) in [5.41, 5.74) is 2.99. The van der Waals surface area contributed by atoms with Crippen LogP contribution in [0.3, 0.4) is 0 Å². The normalized spacial score (nSPS) is 17.3. The van der Waals surface area contributed by atoms with Crippen molar-refractivity contribution in [3.8, 4) is 0 Å². The highest BCUT2D eigenvalue weighted by molar-refractivity contribution is 5.79. The van der Waals surface area contributed by atoms with Crippen molar-refractivity contribution in [2.24, 2.45) is 4.99 Å². The second kappa shape index (κ2) is 7.11. The predicted octanol–water partition coefficient (Wildman–Crippen LogP) is 1.78. The average Bonchev–Trinajstić information content (AvgIpc) is 3.20. The Morgan fingerprint density at radius 3 is 3.09 bits per heavy atom. The lowest BCUT2D eigenvalue weighted by atomic mass is 10.0. The van der Waals surface area contributed by atoms with E-state index < -0.39 is 0 Å². The van der Waals surface area contributed by atoms with Crippen LogP contribution in [-0.4, -0.2) is 35.6 Å². The zero-order valence-electron chi connectivity index (χ0n) is 13.0. The van der Waals surface area contributed by atoms with Crippen LogP contribution in [0.15, 0.2) is 48.0 Å². The van der Waals surface area contributed by atoms with E-state index in [4.69, 9.17) is 0 Å². The largest absolute Gasteiger partial charge is 0.356 e. The molecule has 116 valence electrons. The number of guanidine groups is 1. The van der Waals surface area contributed by atoms with Crippen LogP contribution in [0.4, 0.5) is 0 Å². The van der Waals surface area contributed by atoms with Gasteiger partial charge < -0.3 is 15.2 Å². The fourth-order valence-electron chi connectivity index (χ4n) is 3.02. The van der Waals surface area contributed by atoms with Gasteiger partial charge in [-0.2, -0.15) is 0 Å². The van der Waals surface area contributed by atoms with Crippen LogP contribution in [0.2, 0.25) is 0 Å². The highest BCUT2D eigenvalue weighted by atomic mass is 15.2. The second-order valence-corrected chi connectivity index (χ2v) is 5.61. The first kappa shape index (κ1) is 14.6. The molecule has 2 aromatic rings. The minimum atomic E-state index is 0.586. The van der Waals surface area contributed by atoms with E-state index in [1.807, 2.05) is 24.1 Å². The number of benzene rings is 1. The summed E-state index contributed by atoms with van der Waals surface area (Å²) in [5, 5.41) is 6.79. The Balaban J connectivity index is 1.46. The Morgan fingerprint density at radius 1 is 1.36 bits per heavy atom. The molecule has 0 saturated carbocycles. The van der Waals surface area contributed by atoms with Crippen LogP contribution < -0.4 is 10.6 Å². The molecule has 0 radical (unpaired) electrons. The number of imidazole rings is 1. The number of hydrogen-bond acceptors (Lipinski definition) is 2. The molecular formula is C17H23N5. The Morgan fingerprint density at radius 2 is 2.27 bits per heavy atom. The van der Waals surface area contributed by atoms with E-state index in [9.17, 15) is 0 Å². The first-order valence-corrected chi connectivity index (χ1v) is 7.85. The number of nitrogens with zero attached hydrogens (tertiary/aromatic N) is 3. The molecule has 1 unspecified atom stereocenters. The highest BCUT2D eigenvalue weighted by Gasteiger charge is 2.21. The van der Waals surface area contributed by atoms with Crippen LogP contribution in [0.5, 0.6) is 0 Å². The Labute approximate surface area is 131 Å². The van der Waals surface area contributed by atoms with Gasteiger partial charge in [0.05, 0.1) is 6.33 Å². The van der Waals surface area contributed by atoms with Gasteiger partial charge in [0.25, 0.3) is 0 Å². The van der Waals surface area contributed by atoms with Gasteiger partial charge in [-0.25, -0.2) is 4.98 Å². The summed E-state index contributed by atoms with van der Waals surface area (Å²) in [6.45, 7) is 2.64. The van der Waals surface area contributed by atoms with Crippen molar-refractivity contribution in [3.63, 3.8) is 0 Å². The Kier molecular flexibility index (Phi) is 4.73. The molecule has 1 aromatic carbocycles. The SMILES string of the molecule is CN=C(NCCn1ccnc1)NCC1CCc2ccccc21. The monoisotopic (exact) mass is 297 g/mol. The summed E-state index contributed by atoms with van der Waals surface area (Å²) >= 11 is 0. The smallest absolute Gasteiger partial charge is 0.191 e. The van der Waals surface area contributed by atoms with Crippen molar-refractivity contribution in [3.05, 3.63) is 54.1 Å². The standard InChI is InChI=1S/C17H23N5/c1-18-17(20-9-11-22-10-8-19-13-22)21-12-15-7-6-14-4-2-3-5-16(14)15/h2-5,8,10,13,15H,6-7,9,11-12H2,1H3,(H2,18,20,21). The van der Waals surface area contributed by atoms with Crippen LogP contribution >= 0.6 is 0 Å². The van der Waals surface area contributed by atoms with Gasteiger partial charge in [0.2, 0.25) is 0 Å². The van der Waals surface area contributed by atoms with Crippen molar-refractivity contribution in [1.82, 2.24) is 20.2 Å². The fourth-order valence-corrected chi connectivity index (χ4v) is 3.02. The molecule has 1 aliphatic rings. The first-order valence-electron chi connectivity index (χ1n) is 7.85. The zero-order chi connectivity index (χ0) is 15.2. The molecule has 22 heavy (non-hydrogen) atoms. The maximum absolute atomic E-state index is 4.29. The van der Waals surface area contributed by atoms with Crippen LogP contribution in [0, 0.1) is 0 Å². The summed E-state index contributed by atoms with van der Waals surface area (Å²) in [6.07, 6.45) is 8.00. The van der Waals surface area contributed by atoms with Gasteiger partial charge in [-0.1, -0.05) is 24.3 Å². The van der Waals surface area contributed by atoms with Crippen molar-refractivity contribution in [1.29, 1.82) is 0 Å². The van der Waals surface area contributed by atoms with E-state index in [0.717, 1.165) is 25.6 Å². The van der Waals surface area contributed by atoms with Crippen LogP contribution in [0.1, 0.15) is 23.5 Å². The third kappa shape index (κ3) is 3.47.